The molecule has 0 bridgehead atoms. The fourth-order valence-corrected chi connectivity index (χ4v) is 3.86. The van der Waals surface area contributed by atoms with Crippen LogP contribution in [0, 0.1) is 6.92 Å². The van der Waals surface area contributed by atoms with Crippen LogP contribution in [0.1, 0.15) is 30.5 Å². The lowest BCUT2D eigenvalue weighted by Gasteiger charge is -2.21. The van der Waals surface area contributed by atoms with E-state index in [1.807, 2.05) is 18.8 Å². The van der Waals surface area contributed by atoms with E-state index in [0.717, 1.165) is 12.4 Å². The summed E-state index contributed by atoms with van der Waals surface area (Å²) in [4.78, 5) is 0. The SMILES string of the molecule is CNC(CSC1CCOC1C)c1ccccc1C. The minimum absolute atomic E-state index is 0.407. The van der Waals surface area contributed by atoms with Crippen molar-refractivity contribution in [1.29, 1.82) is 0 Å². The van der Waals surface area contributed by atoms with Crippen molar-refractivity contribution >= 4 is 11.8 Å². The zero-order chi connectivity index (χ0) is 13.0. The summed E-state index contributed by atoms with van der Waals surface area (Å²) in [5.41, 5.74) is 2.78. The molecule has 3 atom stereocenters. The predicted octanol–water partition coefficient (Wildman–Crippen LogP) is 3.17. The average Bonchev–Trinajstić information content (AvgIpc) is 2.78. The van der Waals surface area contributed by atoms with Gasteiger partial charge >= 0.3 is 0 Å². The van der Waals surface area contributed by atoms with E-state index in [-0.39, 0.29) is 0 Å². The molecule has 1 N–H and O–H groups in total. The number of hydrogen-bond donors (Lipinski definition) is 1. The Kier molecular flexibility index (Phi) is 5.10. The molecule has 0 aliphatic carbocycles. The first kappa shape index (κ1) is 13.9. The molecular weight excluding hydrogens is 242 g/mol. The molecule has 0 amide bonds. The summed E-state index contributed by atoms with van der Waals surface area (Å²) in [6, 6.07) is 9.07. The van der Waals surface area contributed by atoms with Crippen LogP contribution >= 0.6 is 11.8 Å². The Bertz CT molecular complexity index is 383. The molecule has 1 aromatic carbocycles. The maximum Gasteiger partial charge on any atom is 0.0666 e. The van der Waals surface area contributed by atoms with E-state index >= 15 is 0 Å². The van der Waals surface area contributed by atoms with Gasteiger partial charge in [0.1, 0.15) is 0 Å². The Morgan fingerprint density at radius 2 is 2.22 bits per heavy atom. The third-order valence-corrected chi connectivity index (χ3v) is 5.27. The van der Waals surface area contributed by atoms with Crippen LogP contribution in [-0.2, 0) is 4.74 Å². The van der Waals surface area contributed by atoms with Gasteiger partial charge in [0.25, 0.3) is 0 Å². The lowest BCUT2D eigenvalue weighted by atomic mass is 10.0. The van der Waals surface area contributed by atoms with Crippen molar-refractivity contribution < 1.29 is 4.74 Å². The van der Waals surface area contributed by atoms with E-state index in [9.17, 15) is 0 Å². The maximum absolute atomic E-state index is 5.62. The molecule has 1 heterocycles. The number of thioether (sulfide) groups is 1. The number of nitrogens with one attached hydrogen (secondary N) is 1. The standard InChI is InChI=1S/C15H23NOS/c1-11-6-4-5-7-13(11)14(16-3)10-18-15-8-9-17-12(15)2/h4-7,12,14-16H,8-10H2,1-3H3. The van der Waals surface area contributed by atoms with Gasteiger partial charge in [-0.2, -0.15) is 11.8 Å². The van der Waals surface area contributed by atoms with E-state index in [1.54, 1.807) is 0 Å². The maximum atomic E-state index is 5.62. The highest BCUT2D eigenvalue weighted by Crippen LogP contribution is 2.30. The first-order valence-electron chi connectivity index (χ1n) is 6.68. The molecule has 1 aliphatic rings. The summed E-state index contributed by atoms with van der Waals surface area (Å²) in [6.07, 6.45) is 1.60. The van der Waals surface area contributed by atoms with Crippen LogP contribution in [-0.4, -0.2) is 30.8 Å². The van der Waals surface area contributed by atoms with Gasteiger partial charge in [-0.05, 0) is 38.4 Å². The van der Waals surface area contributed by atoms with Gasteiger partial charge in [-0.25, -0.2) is 0 Å². The molecule has 1 saturated heterocycles. The van der Waals surface area contributed by atoms with Crippen molar-refractivity contribution in [3.63, 3.8) is 0 Å². The summed E-state index contributed by atoms with van der Waals surface area (Å²) in [6.45, 7) is 5.30. The number of aryl methyl sites for hydroxylation is 1. The topological polar surface area (TPSA) is 21.3 Å². The fraction of sp³-hybridized carbons (Fsp3) is 0.600. The van der Waals surface area contributed by atoms with Crippen LogP contribution in [0.25, 0.3) is 0 Å². The molecule has 1 fully saturated rings. The van der Waals surface area contributed by atoms with Crippen molar-refractivity contribution in [2.75, 3.05) is 19.4 Å². The fourth-order valence-electron chi connectivity index (χ4n) is 2.46. The molecule has 0 aromatic heterocycles. The number of rotatable bonds is 5. The van der Waals surface area contributed by atoms with Crippen LogP contribution in [0.15, 0.2) is 24.3 Å². The van der Waals surface area contributed by atoms with Gasteiger partial charge in [-0.1, -0.05) is 24.3 Å². The van der Waals surface area contributed by atoms with Crippen molar-refractivity contribution in [3.8, 4) is 0 Å². The normalized spacial score (nSPS) is 25.3. The van der Waals surface area contributed by atoms with Gasteiger partial charge in [-0.3, -0.25) is 0 Å². The highest BCUT2D eigenvalue weighted by molar-refractivity contribution is 8.00. The minimum atomic E-state index is 0.407. The summed E-state index contributed by atoms with van der Waals surface area (Å²) >= 11 is 2.04. The highest BCUT2D eigenvalue weighted by Gasteiger charge is 2.25. The molecule has 0 saturated carbocycles. The monoisotopic (exact) mass is 265 g/mol. The van der Waals surface area contributed by atoms with Crippen molar-refractivity contribution in [1.82, 2.24) is 5.32 Å². The van der Waals surface area contributed by atoms with Gasteiger partial charge in [0, 0.05) is 23.7 Å². The number of hydrogen-bond acceptors (Lipinski definition) is 3. The van der Waals surface area contributed by atoms with Crippen molar-refractivity contribution in [3.05, 3.63) is 35.4 Å². The molecule has 3 unspecified atom stereocenters. The molecule has 3 heteroatoms. The van der Waals surface area contributed by atoms with E-state index in [0.29, 0.717) is 17.4 Å². The lowest BCUT2D eigenvalue weighted by molar-refractivity contribution is 0.127. The Hall–Kier alpha value is -0.510. The molecule has 100 valence electrons. The van der Waals surface area contributed by atoms with Gasteiger partial charge in [0.15, 0.2) is 0 Å². The van der Waals surface area contributed by atoms with Gasteiger partial charge in [0.05, 0.1) is 6.10 Å². The van der Waals surface area contributed by atoms with E-state index in [1.165, 1.54) is 17.5 Å². The van der Waals surface area contributed by atoms with Crippen LogP contribution in [0.4, 0.5) is 0 Å². The Morgan fingerprint density at radius 1 is 1.44 bits per heavy atom. The molecule has 0 radical (unpaired) electrons. The summed E-state index contributed by atoms with van der Waals surface area (Å²) in [7, 11) is 2.05. The zero-order valence-electron chi connectivity index (χ0n) is 11.5. The average molecular weight is 265 g/mol. The molecular formula is C15H23NOS. The molecule has 0 spiro atoms. The van der Waals surface area contributed by atoms with Crippen molar-refractivity contribution in [2.45, 2.75) is 37.7 Å². The molecule has 18 heavy (non-hydrogen) atoms. The predicted molar refractivity (Wildman–Crippen MR) is 79.3 cm³/mol. The Balaban J connectivity index is 1.95. The first-order valence-corrected chi connectivity index (χ1v) is 7.73. The molecule has 1 aliphatic heterocycles. The minimum Gasteiger partial charge on any atom is -0.377 e. The largest absolute Gasteiger partial charge is 0.377 e. The lowest BCUT2D eigenvalue weighted by Crippen LogP contribution is -2.22. The second-order valence-electron chi connectivity index (χ2n) is 4.93. The summed E-state index contributed by atoms with van der Waals surface area (Å²) in [5, 5.41) is 4.09. The second kappa shape index (κ2) is 6.60. The zero-order valence-corrected chi connectivity index (χ0v) is 12.3. The van der Waals surface area contributed by atoms with Gasteiger partial charge in [-0.15, -0.1) is 0 Å². The van der Waals surface area contributed by atoms with Gasteiger partial charge < -0.3 is 10.1 Å². The summed E-state index contributed by atoms with van der Waals surface area (Å²) < 4.78 is 5.62. The number of benzene rings is 1. The Labute approximate surface area is 114 Å². The third kappa shape index (κ3) is 3.28. The van der Waals surface area contributed by atoms with Crippen LogP contribution in [0.5, 0.6) is 0 Å². The molecule has 2 rings (SSSR count). The van der Waals surface area contributed by atoms with Crippen molar-refractivity contribution in [2.24, 2.45) is 0 Å². The Morgan fingerprint density at radius 3 is 2.83 bits per heavy atom. The quantitative estimate of drug-likeness (QED) is 0.883. The number of ether oxygens (including phenoxy) is 1. The third-order valence-electron chi connectivity index (χ3n) is 3.70. The highest BCUT2D eigenvalue weighted by atomic mass is 32.2. The molecule has 1 aromatic rings. The van der Waals surface area contributed by atoms with E-state index < -0.39 is 0 Å². The smallest absolute Gasteiger partial charge is 0.0666 e. The summed E-state index contributed by atoms with van der Waals surface area (Å²) in [5.74, 6) is 1.11. The van der Waals surface area contributed by atoms with Crippen LogP contribution in [0.3, 0.4) is 0 Å². The first-order chi connectivity index (χ1) is 8.72. The van der Waals surface area contributed by atoms with Gasteiger partial charge in [0.2, 0.25) is 0 Å². The molecule has 2 nitrogen and oxygen atoms in total. The van der Waals surface area contributed by atoms with E-state index in [2.05, 4.69) is 43.4 Å². The van der Waals surface area contributed by atoms with Crippen LogP contribution < -0.4 is 5.32 Å². The van der Waals surface area contributed by atoms with Crippen LogP contribution in [0.2, 0.25) is 0 Å². The second-order valence-corrected chi connectivity index (χ2v) is 6.21. The van der Waals surface area contributed by atoms with E-state index in [4.69, 9.17) is 4.74 Å².